The van der Waals surface area contributed by atoms with Crippen molar-refractivity contribution in [3.05, 3.63) is 23.7 Å². The van der Waals surface area contributed by atoms with E-state index in [0.29, 0.717) is 18.0 Å². The molecule has 1 heterocycles. The van der Waals surface area contributed by atoms with Gasteiger partial charge in [-0.15, -0.1) is 11.6 Å². The minimum absolute atomic E-state index is 0.0712. The van der Waals surface area contributed by atoms with E-state index >= 15 is 0 Å². The van der Waals surface area contributed by atoms with Gasteiger partial charge >= 0.3 is 0 Å². The van der Waals surface area contributed by atoms with Crippen molar-refractivity contribution < 1.29 is 9.21 Å². The van der Waals surface area contributed by atoms with Crippen molar-refractivity contribution >= 4 is 17.5 Å². The van der Waals surface area contributed by atoms with E-state index in [-0.39, 0.29) is 11.3 Å². The van der Waals surface area contributed by atoms with Gasteiger partial charge in [-0.3, -0.25) is 4.79 Å². The second-order valence-corrected chi connectivity index (χ2v) is 4.57. The third kappa shape index (κ3) is 2.75. The first kappa shape index (κ1) is 10.6. The molecule has 0 aliphatic heterocycles. The lowest BCUT2D eigenvalue weighted by molar-refractivity contribution is 0.0952. The lowest BCUT2D eigenvalue weighted by atomic mass is 10.2. The average Bonchev–Trinajstić information content (AvgIpc) is 2.97. The number of nitrogens with one attached hydrogen (secondary N) is 1. The fraction of sp³-hybridized carbons (Fsp3) is 0.545. The van der Waals surface area contributed by atoms with Gasteiger partial charge in [-0.25, -0.2) is 0 Å². The second kappa shape index (κ2) is 4.27. The van der Waals surface area contributed by atoms with E-state index in [2.05, 4.69) is 5.32 Å². The molecule has 1 atom stereocenters. The number of amides is 1. The maximum Gasteiger partial charge on any atom is 0.254 e. The first-order valence-corrected chi connectivity index (χ1v) is 5.58. The number of rotatable bonds is 4. The molecular formula is C11H14ClNO2. The van der Waals surface area contributed by atoms with Crippen LogP contribution in [-0.4, -0.2) is 17.8 Å². The van der Waals surface area contributed by atoms with Gasteiger partial charge in [-0.2, -0.15) is 0 Å². The SMILES string of the molecule is Cc1cc(C(=O)NCC(Cl)C2CC2)co1. The van der Waals surface area contributed by atoms with Crippen molar-refractivity contribution in [2.24, 2.45) is 5.92 Å². The Labute approximate surface area is 93.8 Å². The molecule has 1 saturated carbocycles. The first-order valence-electron chi connectivity index (χ1n) is 5.14. The number of halogens is 1. The standard InChI is InChI=1S/C11H14ClNO2/c1-7-4-9(6-15-7)11(14)13-5-10(12)8-2-3-8/h4,6,8,10H,2-3,5H2,1H3,(H,13,14). The van der Waals surface area contributed by atoms with Crippen molar-refractivity contribution in [2.45, 2.75) is 25.1 Å². The predicted molar refractivity (Wildman–Crippen MR) is 58.1 cm³/mol. The summed E-state index contributed by atoms with van der Waals surface area (Å²) in [4.78, 5) is 11.6. The summed E-state index contributed by atoms with van der Waals surface area (Å²) in [6.07, 6.45) is 3.84. The number of hydrogen-bond acceptors (Lipinski definition) is 2. The fourth-order valence-electron chi connectivity index (χ4n) is 1.48. The maximum atomic E-state index is 11.6. The zero-order valence-electron chi connectivity index (χ0n) is 8.63. The topological polar surface area (TPSA) is 42.2 Å². The Hall–Kier alpha value is -0.960. The minimum Gasteiger partial charge on any atom is -0.469 e. The highest BCUT2D eigenvalue weighted by Crippen LogP contribution is 2.35. The van der Waals surface area contributed by atoms with Gasteiger partial charge in [-0.1, -0.05) is 0 Å². The predicted octanol–water partition coefficient (Wildman–Crippen LogP) is 2.34. The van der Waals surface area contributed by atoms with Crippen molar-refractivity contribution in [3.8, 4) is 0 Å². The summed E-state index contributed by atoms with van der Waals surface area (Å²) < 4.78 is 5.06. The van der Waals surface area contributed by atoms with Crippen LogP contribution in [0.4, 0.5) is 0 Å². The monoisotopic (exact) mass is 227 g/mol. The number of furan rings is 1. The van der Waals surface area contributed by atoms with E-state index in [4.69, 9.17) is 16.0 Å². The molecule has 0 saturated heterocycles. The molecule has 1 aliphatic carbocycles. The number of hydrogen-bond donors (Lipinski definition) is 1. The largest absolute Gasteiger partial charge is 0.469 e. The van der Waals surface area contributed by atoms with Crippen LogP contribution in [0.3, 0.4) is 0 Å². The van der Waals surface area contributed by atoms with E-state index < -0.39 is 0 Å². The van der Waals surface area contributed by atoms with E-state index in [0.717, 1.165) is 5.76 Å². The zero-order chi connectivity index (χ0) is 10.8. The summed E-state index contributed by atoms with van der Waals surface area (Å²) in [6, 6.07) is 1.72. The Bertz CT molecular complexity index is 357. The molecule has 1 fully saturated rings. The van der Waals surface area contributed by atoms with Crippen LogP contribution in [0.1, 0.15) is 29.0 Å². The van der Waals surface area contributed by atoms with Crippen molar-refractivity contribution in [3.63, 3.8) is 0 Å². The Morgan fingerprint density at radius 3 is 3.00 bits per heavy atom. The highest BCUT2D eigenvalue weighted by Gasteiger charge is 2.29. The van der Waals surface area contributed by atoms with Crippen LogP contribution in [0, 0.1) is 12.8 Å². The Balaban J connectivity index is 1.81. The van der Waals surface area contributed by atoms with Crippen LogP contribution < -0.4 is 5.32 Å². The number of carbonyl (C=O) groups excluding carboxylic acids is 1. The highest BCUT2D eigenvalue weighted by atomic mass is 35.5. The molecule has 82 valence electrons. The van der Waals surface area contributed by atoms with Gasteiger partial charge in [-0.05, 0) is 31.7 Å². The third-order valence-corrected chi connectivity index (χ3v) is 3.09. The molecule has 1 amide bonds. The molecule has 3 nitrogen and oxygen atoms in total. The Morgan fingerprint density at radius 1 is 1.73 bits per heavy atom. The molecule has 0 radical (unpaired) electrons. The fourth-order valence-corrected chi connectivity index (χ4v) is 1.81. The van der Waals surface area contributed by atoms with E-state index in [9.17, 15) is 4.79 Å². The molecule has 1 N–H and O–H groups in total. The second-order valence-electron chi connectivity index (χ2n) is 4.01. The van der Waals surface area contributed by atoms with Crippen LogP contribution in [-0.2, 0) is 0 Å². The molecule has 2 rings (SSSR count). The van der Waals surface area contributed by atoms with Gasteiger partial charge in [0.1, 0.15) is 12.0 Å². The lowest BCUT2D eigenvalue weighted by Gasteiger charge is -2.08. The first-order chi connectivity index (χ1) is 7.16. The van der Waals surface area contributed by atoms with Gasteiger partial charge in [0.05, 0.1) is 10.9 Å². The third-order valence-electron chi connectivity index (χ3n) is 2.58. The smallest absolute Gasteiger partial charge is 0.254 e. The maximum absolute atomic E-state index is 11.6. The van der Waals surface area contributed by atoms with Crippen LogP contribution in [0.15, 0.2) is 16.7 Å². The average molecular weight is 228 g/mol. The molecule has 1 unspecified atom stereocenters. The van der Waals surface area contributed by atoms with Gasteiger partial charge in [0.2, 0.25) is 0 Å². The normalized spacial score (nSPS) is 17.5. The summed E-state index contributed by atoms with van der Waals surface area (Å²) in [7, 11) is 0. The molecule has 1 aromatic rings. The molecule has 1 aliphatic rings. The summed E-state index contributed by atoms with van der Waals surface area (Å²) in [5.74, 6) is 1.22. The molecule has 0 spiro atoms. The van der Waals surface area contributed by atoms with E-state index in [1.54, 1.807) is 6.07 Å². The van der Waals surface area contributed by atoms with Crippen molar-refractivity contribution in [1.82, 2.24) is 5.32 Å². The summed E-state index contributed by atoms with van der Waals surface area (Å²) in [5, 5.41) is 2.87. The summed E-state index contributed by atoms with van der Waals surface area (Å²) in [5.41, 5.74) is 0.562. The molecule has 1 aromatic heterocycles. The van der Waals surface area contributed by atoms with E-state index in [1.807, 2.05) is 6.92 Å². The van der Waals surface area contributed by atoms with Gasteiger partial charge in [0.15, 0.2) is 0 Å². The molecule has 4 heteroatoms. The highest BCUT2D eigenvalue weighted by molar-refractivity contribution is 6.21. The van der Waals surface area contributed by atoms with Gasteiger partial charge < -0.3 is 9.73 Å². The quantitative estimate of drug-likeness (QED) is 0.803. The van der Waals surface area contributed by atoms with Crippen LogP contribution in [0.5, 0.6) is 0 Å². The molecule has 0 aromatic carbocycles. The summed E-state index contributed by atoms with van der Waals surface area (Å²) in [6.45, 7) is 2.35. The van der Waals surface area contributed by atoms with Crippen LogP contribution in [0.2, 0.25) is 0 Å². The lowest BCUT2D eigenvalue weighted by Crippen LogP contribution is -2.30. The Kier molecular flexibility index (Phi) is 3.00. The van der Waals surface area contributed by atoms with Crippen LogP contribution in [0.25, 0.3) is 0 Å². The number of alkyl halides is 1. The summed E-state index contributed by atoms with van der Waals surface area (Å²) >= 11 is 6.08. The number of carbonyl (C=O) groups is 1. The van der Waals surface area contributed by atoms with Crippen molar-refractivity contribution in [1.29, 1.82) is 0 Å². The molecular weight excluding hydrogens is 214 g/mol. The van der Waals surface area contributed by atoms with Gasteiger partial charge in [0, 0.05) is 6.54 Å². The Morgan fingerprint density at radius 2 is 2.47 bits per heavy atom. The zero-order valence-corrected chi connectivity index (χ0v) is 9.38. The van der Waals surface area contributed by atoms with Gasteiger partial charge in [0.25, 0.3) is 5.91 Å². The minimum atomic E-state index is -0.113. The van der Waals surface area contributed by atoms with Crippen molar-refractivity contribution in [2.75, 3.05) is 6.54 Å². The number of aryl methyl sites for hydroxylation is 1. The molecule has 0 bridgehead atoms. The van der Waals surface area contributed by atoms with E-state index in [1.165, 1.54) is 19.1 Å². The molecule has 15 heavy (non-hydrogen) atoms. The van der Waals surface area contributed by atoms with Crippen LogP contribution >= 0.6 is 11.6 Å².